The summed E-state index contributed by atoms with van der Waals surface area (Å²) in [6, 6.07) is 11.3. The Morgan fingerprint density at radius 3 is 2.53 bits per heavy atom. The predicted molar refractivity (Wildman–Crippen MR) is 147 cm³/mol. The molecule has 1 atom stereocenters. The van der Waals surface area contributed by atoms with Crippen molar-refractivity contribution in [1.29, 1.82) is 0 Å². The minimum atomic E-state index is -2.74. The van der Waals surface area contributed by atoms with Crippen molar-refractivity contribution < 1.29 is 8.96 Å². The van der Waals surface area contributed by atoms with Crippen LogP contribution in [0.5, 0.6) is 0 Å². The van der Waals surface area contributed by atoms with Gasteiger partial charge < -0.3 is 20.1 Å². The highest BCUT2D eigenvalue weighted by Gasteiger charge is 2.24. The molecule has 0 radical (unpaired) electrons. The highest BCUT2D eigenvalue weighted by atomic mass is 35.5. The molecule has 0 bridgehead atoms. The molecule has 1 aliphatic heterocycles. The first-order valence-electron chi connectivity index (χ1n) is 12.5. The number of likely N-dealkylation sites (tertiary alicyclic amines) is 1. The average Bonchev–Trinajstić information content (AvgIpc) is 3.29. The summed E-state index contributed by atoms with van der Waals surface area (Å²) in [4.78, 5) is 11.6. The quantitative estimate of drug-likeness (QED) is 0.288. The summed E-state index contributed by atoms with van der Waals surface area (Å²) in [5.74, 6) is 0.314. The molecule has 36 heavy (non-hydrogen) atoms. The van der Waals surface area contributed by atoms with E-state index in [9.17, 15) is 8.96 Å². The fraction of sp³-hybridized carbons (Fsp3) is 0.407. The molecule has 3 aromatic rings. The molecular weight excluding hydrogens is 496 g/mol. The van der Waals surface area contributed by atoms with Gasteiger partial charge in [0, 0.05) is 17.0 Å². The molecule has 6 nitrogen and oxygen atoms in total. The van der Waals surface area contributed by atoms with Crippen molar-refractivity contribution in [3.05, 3.63) is 64.6 Å². The number of hydrogen-bond acceptors (Lipinski definition) is 6. The van der Waals surface area contributed by atoms with E-state index in [0.717, 1.165) is 18.5 Å². The smallest absolute Gasteiger partial charge is 0.229 e. The second kappa shape index (κ2) is 10.5. The van der Waals surface area contributed by atoms with E-state index in [-0.39, 0.29) is 0 Å². The van der Waals surface area contributed by atoms with Crippen molar-refractivity contribution in [2.45, 2.75) is 44.6 Å². The molecule has 2 aromatic carbocycles. The van der Waals surface area contributed by atoms with E-state index < -0.39 is 13.0 Å². The van der Waals surface area contributed by atoms with Crippen LogP contribution in [0.15, 0.2) is 42.6 Å². The van der Waals surface area contributed by atoms with E-state index in [2.05, 4.69) is 43.7 Å². The van der Waals surface area contributed by atoms with Gasteiger partial charge in [0.1, 0.15) is 18.0 Å². The van der Waals surface area contributed by atoms with Crippen LogP contribution in [0.1, 0.15) is 36.8 Å². The van der Waals surface area contributed by atoms with Crippen molar-refractivity contribution in [2.24, 2.45) is 0 Å². The van der Waals surface area contributed by atoms with E-state index in [1.54, 1.807) is 19.4 Å². The largest absolute Gasteiger partial charge is 0.338 e. The van der Waals surface area contributed by atoms with Gasteiger partial charge >= 0.3 is 0 Å². The van der Waals surface area contributed by atoms with Crippen LogP contribution < -0.4 is 15.9 Å². The molecule has 1 unspecified atom stereocenters. The van der Waals surface area contributed by atoms with Crippen LogP contribution in [-0.2, 0) is 17.4 Å². The third kappa shape index (κ3) is 5.74. The minimum absolute atomic E-state index is 0.313. The van der Waals surface area contributed by atoms with Gasteiger partial charge in [-0.3, -0.25) is 0 Å². The number of benzene rings is 2. The fourth-order valence-electron chi connectivity index (χ4n) is 5.27. The number of halogens is 2. The van der Waals surface area contributed by atoms with Crippen molar-refractivity contribution in [2.75, 3.05) is 37.1 Å². The Labute approximate surface area is 217 Å². The normalized spacial score (nSPS) is 18.5. The van der Waals surface area contributed by atoms with Gasteiger partial charge in [0.25, 0.3) is 0 Å². The van der Waals surface area contributed by atoms with Crippen LogP contribution >= 0.6 is 18.7 Å². The van der Waals surface area contributed by atoms with Gasteiger partial charge in [0.15, 0.2) is 5.82 Å². The second-order valence-corrected chi connectivity index (χ2v) is 13.7. The summed E-state index contributed by atoms with van der Waals surface area (Å²) < 4.78 is 26.6. The van der Waals surface area contributed by atoms with Crippen molar-refractivity contribution in [1.82, 2.24) is 14.9 Å². The van der Waals surface area contributed by atoms with Gasteiger partial charge in [0.05, 0.1) is 11.9 Å². The van der Waals surface area contributed by atoms with E-state index in [0.29, 0.717) is 33.8 Å². The molecule has 1 saturated heterocycles. The van der Waals surface area contributed by atoms with Crippen LogP contribution in [0, 0.1) is 5.82 Å². The Bertz CT molecular complexity index is 1310. The Morgan fingerprint density at radius 1 is 1.03 bits per heavy atom. The first-order chi connectivity index (χ1) is 17.3. The number of aryl methyl sites for hydroxylation is 2. The maximum atomic E-state index is 13.8. The van der Waals surface area contributed by atoms with Gasteiger partial charge in [-0.25, -0.2) is 9.37 Å². The lowest BCUT2D eigenvalue weighted by molar-refractivity contribution is 0.222. The fourth-order valence-corrected chi connectivity index (χ4v) is 6.55. The Hall–Kier alpha value is -2.47. The van der Waals surface area contributed by atoms with Gasteiger partial charge in [0.2, 0.25) is 5.95 Å². The van der Waals surface area contributed by atoms with E-state index in [4.69, 9.17) is 11.6 Å². The Morgan fingerprint density at radius 2 is 1.78 bits per heavy atom. The summed E-state index contributed by atoms with van der Waals surface area (Å²) in [5, 5.41) is 7.15. The topological polar surface area (TPSA) is 70.2 Å². The van der Waals surface area contributed by atoms with Crippen LogP contribution in [0.2, 0.25) is 5.02 Å². The molecule has 1 aliphatic carbocycles. The number of fused-ring (bicyclic) bond motifs is 1. The van der Waals surface area contributed by atoms with Gasteiger partial charge in [-0.15, -0.1) is 0 Å². The lowest BCUT2D eigenvalue weighted by Crippen LogP contribution is -2.32. The first-order valence-corrected chi connectivity index (χ1v) is 15.5. The maximum absolute atomic E-state index is 13.8. The van der Waals surface area contributed by atoms with E-state index in [1.807, 2.05) is 0 Å². The van der Waals surface area contributed by atoms with Gasteiger partial charge in [-0.1, -0.05) is 17.7 Å². The Kier molecular flexibility index (Phi) is 7.34. The molecule has 9 heteroatoms. The monoisotopic (exact) mass is 527 g/mol. The van der Waals surface area contributed by atoms with Crippen molar-refractivity contribution >= 4 is 47.2 Å². The predicted octanol–water partition coefficient (Wildman–Crippen LogP) is 6.35. The molecule has 2 aliphatic rings. The van der Waals surface area contributed by atoms with E-state index in [1.165, 1.54) is 68.2 Å². The van der Waals surface area contributed by atoms with Crippen LogP contribution in [0.4, 0.5) is 27.5 Å². The zero-order chi connectivity index (χ0) is 25.3. The number of rotatable bonds is 6. The summed E-state index contributed by atoms with van der Waals surface area (Å²) in [6.07, 6.45) is 8.78. The molecule has 0 amide bonds. The van der Waals surface area contributed by atoms with Crippen molar-refractivity contribution in [3.63, 3.8) is 0 Å². The molecule has 1 aromatic heterocycles. The molecule has 0 spiro atoms. The molecule has 2 heterocycles. The minimum Gasteiger partial charge on any atom is -0.338 e. The SMILES string of the molecule is CP(C)(=O)c1cc(F)ccc1Nc1nc(Nc2ccc3c(c2)CCC(N2CCCC2)CC3)ncc1Cl. The van der Waals surface area contributed by atoms with Crippen LogP contribution in [0.3, 0.4) is 0 Å². The Balaban J connectivity index is 1.33. The summed E-state index contributed by atoms with van der Waals surface area (Å²) in [6.45, 7) is 5.69. The molecule has 1 fully saturated rings. The standard InChI is InChI=1S/C27H32ClFN5OP/c1-36(2,35)25-16-20(29)8-12-24(25)32-26-23(28)17-30-27(33-26)31-21-9-5-18-6-10-22(11-7-19(18)15-21)34-13-3-4-14-34/h5,8-9,12,15-17,22H,3-4,6-7,10-11,13-14H2,1-2H3,(H2,30,31,32,33). The lowest BCUT2D eigenvalue weighted by Gasteiger charge is -2.25. The van der Waals surface area contributed by atoms with Crippen molar-refractivity contribution in [3.8, 4) is 0 Å². The highest BCUT2D eigenvalue weighted by Crippen LogP contribution is 2.39. The molecule has 5 rings (SSSR count). The first kappa shape index (κ1) is 25.2. The second-order valence-electron chi connectivity index (χ2n) is 10.1. The van der Waals surface area contributed by atoms with Crippen LogP contribution in [0.25, 0.3) is 0 Å². The molecular formula is C27H32ClFN5OP. The number of nitrogens with one attached hydrogen (secondary N) is 2. The lowest BCUT2D eigenvalue weighted by atomic mass is 10.0. The average molecular weight is 528 g/mol. The maximum Gasteiger partial charge on any atom is 0.229 e. The highest BCUT2D eigenvalue weighted by molar-refractivity contribution is 7.70. The zero-order valence-electron chi connectivity index (χ0n) is 20.7. The van der Waals surface area contributed by atoms with Crippen LogP contribution in [-0.4, -0.2) is 47.3 Å². The number of nitrogens with zero attached hydrogens (tertiary/aromatic N) is 3. The summed E-state index contributed by atoms with van der Waals surface area (Å²) in [5.41, 5.74) is 4.24. The summed E-state index contributed by atoms with van der Waals surface area (Å²) >= 11 is 6.37. The molecule has 0 saturated carbocycles. The molecule has 2 N–H and O–H groups in total. The zero-order valence-corrected chi connectivity index (χ0v) is 22.4. The number of hydrogen-bond donors (Lipinski definition) is 2. The summed E-state index contributed by atoms with van der Waals surface area (Å²) in [7, 11) is -2.74. The number of aromatic nitrogens is 2. The number of anilines is 4. The molecule has 190 valence electrons. The van der Waals surface area contributed by atoms with E-state index >= 15 is 0 Å². The van der Waals surface area contributed by atoms with Gasteiger partial charge in [-0.2, -0.15) is 4.98 Å². The van der Waals surface area contributed by atoms with Gasteiger partial charge in [-0.05, 0) is 106 Å². The third-order valence-corrected chi connectivity index (χ3v) is 8.96. The third-order valence-electron chi connectivity index (χ3n) is 7.15.